The van der Waals surface area contributed by atoms with Crippen LogP contribution in [0, 0.1) is 0 Å². The zero-order valence-corrected chi connectivity index (χ0v) is 17.9. The lowest BCUT2D eigenvalue weighted by Crippen LogP contribution is -2.30. The molecule has 0 aliphatic carbocycles. The maximum atomic E-state index is 12.4. The van der Waals surface area contributed by atoms with Gasteiger partial charge in [0.1, 0.15) is 0 Å². The second-order valence-electron chi connectivity index (χ2n) is 7.65. The van der Waals surface area contributed by atoms with Crippen LogP contribution in [-0.4, -0.2) is 23.3 Å². The number of nitrogens with one attached hydrogen (secondary N) is 3. The molecule has 5 rings (SSSR count). The van der Waals surface area contributed by atoms with Crippen molar-refractivity contribution in [2.45, 2.75) is 18.0 Å². The van der Waals surface area contributed by atoms with Crippen molar-refractivity contribution in [1.29, 1.82) is 0 Å². The number of carbonyl (C=O) groups is 1. The summed E-state index contributed by atoms with van der Waals surface area (Å²) >= 11 is 1.90. The minimum absolute atomic E-state index is 0.209. The molecule has 0 bridgehead atoms. The number of hydrogen-bond donors (Lipinski definition) is 3. The lowest BCUT2D eigenvalue weighted by Gasteiger charge is -2.31. The second kappa shape index (κ2) is 8.78. The number of fused-ring (bicyclic) bond motifs is 2. The number of rotatable bonds is 5. The molecule has 0 radical (unpaired) electrons. The Bertz CT molecular complexity index is 1200. The summed E-state index contributed by atoms with van der Waals surface area (Å²) < 4.78 is 0. The fourth-order valence-electron chi connectivity index (χ4n) is 3.88. The zero-order valence-electron chi connectivity index (χ0n) is 17.1. The smallest absolute Gasteiger partial charge is 0.319 e. The summed E-state index contributed by atoms with van der Waals surface area (Å²) in [5, 5.41) is 7.01. The third kappa shape index (κ3) is 4.54. The number of anilines is 2. The van der Waals surface area contributed by atoms with Crippen LogP contribution in [0.25, 0.3) is 10.9 Å². The van der Waals surface area contributed by atoms with Gasteiger partial charge in [-0.2, -0.15) is 0 Å². The summed E-state index contributed by atoms with van der Waals surface area (Å²) in [5.74, 6) is 1.09. The van der Waals surface area contributed by atoms with E-state index in [0.29, 0.717) is 6.54 Å². The third-order valence-electron chi connectivity index (χ3n) is 5.47. The molecule has 1 aliphatic rings. The Morgan fingerprint density at radius 3 is 2.81 bits per heavy atom. The van der Waals surface area contributed by atoms with E-state index in [0.717, 1.165) is 41.0 Å². The van der Waals surface area contributed by atoms with E-state index >= 15 is 0 Å². The van der Waals surface area contributed by atoms with E-state index in [1.54, 1.807) is 0 Å². The molecule has 2 heterocycles. The molecule has 3 aromatic carbocycles. The van der Waals surface area contributed by atoms with Crippen molar-refractivity contribution in [3.63, 3.8) is 0 Å². The number of urea groups is 1. The topological polar surface area (TPSA) is 60.2 Å². The summed E-state index contributed by atoms with van der Waals surface area (Å²) in [6.07, 6.45) is 1.89. The lowest BCUT2D eigenvalue weighted by atomic mass is 10.1. The standard InChI is InChI=1S/C25H24N4OS/c30-25(28-21-8-7-20-10-11-26-22(20)15-21)27-16-19-6-9-24-23(14-19)29(12-13-31-24)17-18-4-2-1-3-5-18/h1-11,14-15,26H,12-13,16-17H2,(H2,27,28,30). The highest BCUT2D eigenvalue weighted by molar-refractivity contribution is 7.99. The Morgan fingerprint density at radius 2 is 1.90 bits per heavy atom. The summed E-state index contributed by atoms with van der Waals surface area (Å²) in [5.41, 5.74) is 5.42. The number of aromatic amines is 1. The predicted molar refractivity (Wildman–Crippen MR) is 129 cm³/mol. The van der Waals surface area contributed by atoms with Crippen LogP contribution in [0.4, 0.5) is 16.2 Å². The van der Waals surface area contributed by atoms with Crippen molar-refractivity contribution in [3.05, 3.63) is 90.1 Å². The number of H-pyrrole nitrogens is 1. The van der Waals surface area contributed by atoms with Gasteiger partial charge in [0.2, 0.25) is 0 Å². The maximum Gasteiger partial charge on any atom is 0.319 e. The molecule has 0 atom stereocenters. The summed E-state index contributed by atoms with van der Waals surface area (Å²) in [6.45, 7) is 2.39. The van der Waals surface area contributed by atoms with Crippen LogP contribution in [0.3, 0.4) is 0 Å². The molecular formula is C25H24N4OS. The van der Waals surface area contributed by atoms with E-state index in [9.17, 15) is 4.79 Å². The SMILES string of the molecule is O=C(NCc1ccc2c(c1)N(Cc1ccccc1)CCS2)Nc1ccc2cc[nH]c2c1. The fourth-order valence-corrected chi connectivity index (χ4v) is 4.91. The number of carbonyl (C=O) groups excluding carboxylic acids is 1. The van der Waals surface area contributed by atoms with E-state index in [1.165, 1.54) is 16.1 Å². The van der Waals surface area contributed by atoms with E-state index in [1.807, 2.05) is 42.2 Å². The number of aromatic nitrogens is 1. The molecule has 1 aliphatic heterocycles. The first-order valence-corrected chi connectivity index (χ1v) is 11.4. The molecular weight excluding hydrogens is 404 g/mol. The van der Waals surface area contributed by atoms with E-state index in [2.05, 4.69) is 69.0 Å². The largest absolute Gasteiger partial charge is 0.365 e. The molecule has 0 saturated heterocycles. The van der Waals surface area contributed by atoms with Gasteiger partial charge in [0.25, 0.3) is 0 Å². The highest BCUT2D eigenvalue weighted by Crippen LogP contribution is 2.36. The maximum absolute atomic E-state index is 12.4. The molecule has 0 unspecified atom stereocenters. The van der Waals surface area contributed by atoms with Crippen molar-refractivity contribution in [2.75, 3.05) is 22.5 Å². The average molecular weight is 429 g/mol. The monoisotopic (exact) mass is 428 g/mol. The molecule has 0 saturated carbocycles. The number of hydrogen-bond acceptors (Lipinski definition) is 3. The van der Waals surface area contributed by atoms with Crippen LogP contribution in [0.1, 0.15) is 11.1 Å². The molecule has 1 aromatic heterocycles. The Labute approximate surface area is 185 Å². The van der Waals surface area contributed by atoms with Gasteiger partial charge in [-0.15, -0.1) is 11.8 Å². The highest BCUT2D eigenvalue weighted by Gasteiger charge is 2.18. The number of thioether (sulfide) groups is 1. The molecule has 31 heavy (non-hydrogen) atoms. The van der Waals surface area contributed by atoms with Gasteiger partial charge < -0.3 is 20.5 Å². The zero-order chi connectivity index (χ0) is 21.0. The molecule has 3 N–H and O–H groups in total. The van der Waals surface area contributed by atoms with Gasteiger partial charge in [-0.1, -0.05) is 42.5 Å². The van der Waals surface area contributed by atoms with E-state index in [4.69, 9.17) is 0 Å². The van der Waals surface area contributed by atoms with Gasteiger partial charge in [0.05, 0.1) is 5.69 Å². The van der Waals surface area contributed by atoms with Gasteiger partial charge in [0, 0.05) is 47.7 Å². The first-order chi connectivity index (χ1) is 15.2. The van der Waals surface area contributed by atoms with Crippen LogP contribution >= 0.6 is 11.8 Å². The van der Waals surface area contributed by atoms with Crippen molar-refractivity contribution in [2.24, 2.45) is 0 Å². The summed E-state index contributed by atoms with van der Waals surface area (Å²) in [4.78, 5) is 19.3. The number of nitrogens with zero attached hydrogens (tertiary/aromatic N) is 1. The van der Waals surface area contributed by atoms with Gasteiger partial charge in [0.15, 0.2) is 0 Å². The van der Waals surface area contributed by atoms with Crippen molar-refractivity contribution in [1.82, 2.24) is 10.3 Å². The minimum atomic E-state index is -0.209. The molecule has 5 nitrogen and oxygen atoms in total. The third-order valence-corrected chi connectivity index (χ3v) is 6.51. The highest BCUT2D eigenvalue weighted by atomic mass is 32.2. The molecule has 0 spiro atoms. The van der Waals surface area contributed by atoms with Crippen molar-refractivity contribution >= 4 is 40.1 Å². The van der Waals surface area contributed by atoms with Crippen LogP contribution in [0.2, 0.25) is 0 Å². The van der Waals surface area contributed by atoms with Gasteiger partial charge in [-0.25, -0.2) is 4.79 Å². The van der Waals surface area contributed by atoms with Crippen LogP contribution in [0.5, 0.6) is 0 Å². The van der Waals surface area contributed by atoms with Gasteiger partial charge in [-0.05, 0) is 46.8 Å². The Hall–Kier alpha value is -3.38. The summed E-state index contributed by atoms with van der Waals surface area (Å²) in [7, 11) is 0. The van der Waals surface area contributed by atoms with Gasteiger partial charge >= 0.3 is 6.03 Å². The second-order valence-corrected chi connectivity index (χ2v) is 8.78. The molecule has 6 heteroatoms. The molecule has 156 valence electrons. The van der Waals surface area contributed by atoms with Gasteiger partial charge in [-0.3, -0.25) is 0 Å². The first-order valence-electron chi connectivity index (χ1n) is 10.4. The van der Waals surface area contributed by atoms with Crippen LogP contribution < -0.4 is 15.5 Å². The molecule has 2 amide bonds. The average Bonchev–Trinajstić information content (AvgIpc) is 3.27. The number of benzene rings is 3. The lowest BCUT2D eigenvalue weighted by molar-refractivity contribution is 0.251. The van der Waals surface area contributed by atoms with Crippen LogP contribution in [-0.2, 0) is 13.1 Å². The van der Waals surface area contributed by atoms with Crippen LogP contribution in [0.15, 0.2) is 83.9 Å². The molecule has 4 aromatic rings. The van der Waals surface area contributed by atoms with Crippen molar-refractivity contribution in [3.8, 4) is 0 Å². The van der Waals surface area contributed by atoms with E-state index < -0.39 is 0 Å². The minimum Gasteiger partial charge on any atom is -0.365 e. The molecule has 0 fully saturated rings. The predicted octanol–water partition coefficient (Wildman–Crippen LogP) is 5.60. The Morgan fingerprint density at radius 1 is 1.00 bits per heavy atom. The normalized spacial score (nSPS) is 13.1. The quantitative estimate of drug-likeness (QED) is 0.388. The van der Waals surface area contributed by atoms with Crippen molar-refractivity contribution < 1.29 is 4.79 Å². The Balaban J connectivity index is 1.24. The van der Waals surface area contributed by atoms with E-state index in [-0.39, 0.29) is 6.03 Å². The Kier molecular flexibility index (Phi) is 5.54. The summed E-state index contributed by atoms with van der Waals surface area (Å²) in [6, 6.07) is 24.7. The first kappa shape index (κ1) is 19.6. The number of amides is 2. The fraction of sp³-hybridized carbons (Fsp3) is 0.160.